The molecule has 10 heteroatoms. The van der Waals surface area contributed by atoms with Crippen molar-refractivity contribution in [1.82, 2.24) is 9.80 Å². The van der Waals surface area contributed by atoms with Gasteiger partial charge in [0.25, 0.3) is 5.91 Å². The molecule has 0 spiro atoms. The summed E-state index contributed by atoms with van der Waals surface area (Å²) in [4.78, 5) is 40.7. The van der Waals surface area contributed by atoms with Gasteiger partial charge < -0.3 is 21.0 Å². The zero-order valence-electron chi connectivity index (χ0n) is 22.0. The van der Waals surface area contributed by atoms with E-state index in [1.807, 2.05) is 60.4 Å². The van der Waals surface area contributed by atoms with Crippen LogP contribution in [0.3, 0.4) is 0 Å². The fourth-order valence-corrected chi connectivity index (χ4v) is 4.98. The highest BCUT2D eigenvalue weighted by molar-refractivity contribution is 5.99. The van der Waals surface area contributed by atoms with Crippen molar-refractivity contribution in [3.63, 3.8) is 0 Å². The van der Waals surface area contributed by atoms with E-state index >= 15 is 0 Å². The second kappa shape index (κ2) is 12.4. The number of likely N-dealkylation sites (tertiary alicyclic amines) is 1. The Balaban J connectivity index is 1.61. The van der Waals surface area contributed by atoms with E-state index in [0.717, 1.165) is 54.7 Å². The highest BCUT2D eigenvalue weighted by Crippen LogP contribution is 2.32. The smallest absolute Gasteiger partial charge is 0.253 e. The monoisotopic (exact) mass is 517 g/mol. The second-order valence-corrected chi connectivity index (χ2v) is 9.85. The molecule has 1 saturated heterocycles. The molecule has 0 aromatic heterocycles. The molecule has 2 amide bonds. The van der Waals surface area contributed by atoms with E-state index in [2.05, 4.69) is 20.8 Å². The molecule has 0 radical (unpaired) electrons. The Bertz CT molecular complexity index is 1220. The highest BCUT2D eigenvalue weighted by atomic mass is 16.3. The van der Waals surface area contributed by atoms with Crippen molar-refractivity contribution >= 4 is 23.6 Å². The summed E-state index contributed by atoms with van der Waals surface area (Å²) in [6.07, 6.45) is 4.50. The maximum atomic E-state index is 13.5. The van der Waals surface area contributed by atoms with Gasteiger partial charge in [0, 0.05) is 49.4 Å². The molecule has 0 aliphatic carbocycles. The molecule has 2 aliphatic rings. The second-order valence-electron chi connectivity index (χ2n) is 9.85. The van der Waals surface area contributed by atoms with Crippen molar-refractivity contribution < 1.29 is 9.59 Å². The largest absolute Gasteiger partial charge is 0.361 e. The van der Waals surface area contributed by atoms with E-state index in [0.29, 0.717) is 24.1 Å². The van der Waals surface area contributed by atoms with Gasteiger partial charge in [-0.25, -0.2) is 0 Å². The average Bonchev–Trinajstić information content (AvgIpc) is 3.41. The fraction of sp³-hybridized carbons (Fsp3) is 0.429. The van der Waals surface area contributed by atoms with E-state index < -0.39 is 12.2 Å². The zero-order valence-corrected chi connectivity index (χ0v) is 22.0. The molecule has 200 valence electrons. The number of nitrogens with two attached hydrogens (primary N) is 1. The topological polar surface area (TPSA) is 133 Å². The number of nitroso groups, excluding NO2 is 1. The zero-order chi connectivity index (χ0) is 27.1. The molecule has 1 unspecified atom stereocenters. The number of benzene rings is 2. The first-order chi connectivity index (χ1) is 18.4. The van der Waals surface area contributed by atoms with Gasteiger partial charge in [0.05, 0.1) is 0 Å². The van der Waals surface area contributed by atoms with Gasteiger partial charge in [-0.15, -0.1) is 5.11 Å². The van der Waals surface area contributed by atoms with E-state index in [-0.39, 0.29) is 18.4 Å². The molecule has 0 bridgehead atoms. The van der Waals surface area contributed by atoms with Gasteiger partial charge in [0.2, 0.25) is 5.91 Å². The number of amides is 2. The van der Waals surface area contributed by atoms with Crippen molar-refractivity contribution in [2.45, 2.75) is 51.7 Å². The third-order valence-electron chi connectivity index (χ3n) is 6.90. The van der Waals surface area contributed by atoms with Crippen molar-refractivity contribution in [2.24, 2.45) is 21.4 Å². The van der Waals surface area contributed by atoms with Gasteiger partial charge in [-0.05, 0) is 67.2 Å². The molecule has 0 saturated carbocycles. The Morgan fingerprint density at radius 2 is 1.84 bits per heavy atom. The molecule has 2 aliphatic heterocycles. The molecule has 10 nitrogen and oxygen atoms in total. The number of hydrogen-bond acceptors (Lipinski definition) is 7. The molecule has 2 aromatic rings. The molecule has 4 rings (SSSR count). The maximum Gasteiger partial charge on any atom is 0.253 e. The van der Waals surface area contributed by atoms with E-state index in [1.54, 1.807) is 11.8 Å². The Labute approximate surface area is 222 Å². The van der Waals surface area contributed by atoms with Crippen LogP contribution in [-0.4, -0.2) is 60.0 Å². The summed E-state index contributed by atoms with van der Waals surface area (Å²) < 4.78 is 0. The van der Waals surface area contributed by atoms with Crippen molar-refractivity contribution in [3.8, 4) is 11.1 Å². The van der Waals surface area contributed by atoms with Crippen molar-refractivity contribution in [3.05, 3.63) is 64.1 Å². The van der Waals surface area contributed by atoms with Crippen LogP contribution in [0.1, 0.15) is 55.5 Å². The normalized spacial score (nSPS) is 17.8. The Hall–Kier alpha value is -4.08. The molecular weight excluding hydrogens is 482 g/mol. The maximum absolute atomic E-state index is 13.5. The number of nitrogens with zero attached hydrogens (tertiary/aromatic N) is 5. The molecule has 38 heavy (non-hydrogen) atoms. The summed E-state index contributed by atoms with van der Waals surface area (Å²) in [5.74, 6) is 5.29. The number of carbonyl (C=O) groups excluding carboxylic acids is 2. The summed E-state index contributed by atoms with van der Waals surface area (Å²) in [7, 11) is 0. The van der Waals surface area contributed by atoms with Gasteiger partial charge in [-0.3, -0.25) is 9.59 Å². The minimum Gasteiger partial charge on any atom is -0.361 e. The van der Waals surface area contributed by atoms with E-state index in [4.69, 9.17) is 5.84 Å². The molecule has 2 heterocycles. The van der Waals surface area contributed by atoms with Crippen LogP contribution >= 0.6 is 0 Å². The summed E-state index contributed by atoms with van der Waals surface area (Å²) in [5.41, 5.74) is 4.81. The lowest BCUT2D eigenvalue weighted by atomic mass is 10.00. The van der Waals surface area contributed by atoms with Gasteiger partial charge in [-0.1, -0.05) is 41.6 Å². The summed E-state index contributed by atoms with van der Waals surface area (Å²) in [6.45, 7) is 6.10. The van der Waals surface area contributed by atoms with Crippen LogP contribution in [0.2, 0.25) is 0 Å². The number of carbonyl (C=O) groups is 2. The number of nitrogens with one attached hydrogen (secondary N) is 1. The Kier molecular flexibility index (Phi) is 8.83. The Morgan fingerprint density at radius 1 is 1.13 bits per heavy atom. The third kappa shape index (κ3) is 6.24. The number of fused-ring (bicyclic) bond motifs is 1. The van der Waals surface area contributed by atoms with Gasteiger partial charge >= 0.3 is 0 Å². The predicted octanol–water partition coefficient (Wildman–Crippen LogP) is 4.83. The first kappa shape index (κ1) is 27.0. The molecule has 3 N–H and O–H groups in total. The van der Waals surface area contributed by atoms with E-state index in [1.165, 1.54) is 0 Å². The van der Waals surface area contributed by atoms with Crippen molar-refractivity contribution in [1.29, 1.82) is 0 Å². The lowest BCUT2D eigenvalue weighted by Crippen LogP contribution is -2.38. The molecule has 1 fully saturated rings. The first-order valence-corrected chi connectivity index (χ1v) is 13.2. The number of hydrogen-bond donors (Lipinski definition) is 2. The van der Waals surface area contributed by atoms with Crippen LogP contribution in [-0.2, 0) is 4.79 Å². The van der Waals surface area contributed by atoms with E-state index in [9.17, 15) is 14.5 Å². The molecule has 2 atom stereocenters. The summed E-state index contributed by atoms with van der Waals surface area (Å²) in [6, 6.07) is 13.1. The quantitative estimate of drug-likeness (QED) is 0.213. The summed E-state index contributed by atoms with van der Waals surface area (Å²) >= 11 is 0. The predicted molar refractivity (Wildman–Crippen MR) is 148 cm³/mol. The highest BCUT2D eigenvalue weighted by Gasteiger charge is 2.26. The summed E-state index contributed by atoms with van der Waals surface area (Å²) in [5, 5.41) is 14.0. The number of rotatable bonds is 9. The van der Waals surface area contributed by atoms with Gasteiger partial charge in [0.15, 0.2) is 0 Å². The average molecular weight is 518 g/mol. The minimum absolute atomic E-state index is 0.0744. The van der Waals surface area contributed by atoms with Crippen LogP contribution < -0.4 is 11.2 Å². The first-order valence-electron chi connectivity index (χ1n) is 13.2. The minimum atomic E-state index is -0.530. The third-order valence-corrected chi connectivity index (χ3v) is 6.90. The van der Waals surface area contributed by atoms with Gasteiger partial charge in [0.1, 0.15) is 12.2 Å². The molecule has 2 aromatic carbocycles. The van der Waals surface area contributed by atoms with Crippen LogP contribution in [0.15, 0.2) is 63.6 Å². The SMILES string of the molecule is CCCN(C[C@@H](C)N=O)C(=O)C1=Cc2ccc(-c3ccc(C(=O)N4CCCC4)cc3)cc2NC(N=NN)C1. The van der Waals surface area contributed by atoms with Crippen LogP contribution in [0, 0.1) is 4.91 Å². The lowest BCUT2D eigenvalue weighted by Gasteiger charge is -2.24. The number of anilines is 1. The van der Waals surface area contributed by atoms with Crippen LogP contribution in [0.4, 0.5) is 5.69 Å². The fourth-order valence-electron chi connectivity index (χ4n) is 4.98. The van der Waals surface area contributed by atoms with Crippen LogP contribution in [0.5, 0.6) is 0 Å². The Morgan fingerprint density at radius 3 is 2.50 bits per heavy atom. The lowest BCUT2D eigenvalue weighted by molar-refractivity contribution is -0.127. The van der Waals surface area contributed by atoms with Crippen LogP contribution in [0.25, 0.3) is 17.2 Å². The standard InChI is InChI=1S/C28H35N7O3/c1-3-12-35(18-19(2)32-38)28(37)24-15-23-11-10-22(16-25(23)30-26(17-24)31-33-29)20-6-8-21(9-7-20)27(36)34-13-4-5-14-34/h6-11,15-16,19,26,30H,3-5,12-14,17-18H2,1-2H3,(H2,29,31)/t19-,26?/m1/s1. The molecular formula is C28H35N7O3. The van der Waals surface area contributed by atoms with Gasteiger partial charge in [-0.2, -0.15) is 4.91 Å². The van der Waals surface area contributed by atoms with Crippen molar-refractivity contribution in [2.75, 3.05) is 31.5 Å².